The Morgan fingerprint density at radius 2 is 1.81 bits per heavy atom. The molecule has 1 N–H and O–H groups in total. The molecule has 9 nitrogen and oxygen atoms in total. The first-order valence-electron chi connectivity index (χ1n) is 17.0. The van der Waals surface area contributed by atoms with Gasteiger partial charge in [-0.15, -0.1) is 0 Å². The Morgan fingerprint density at radius 1 is 1.06 bits per heavy atom. The minimum absolute atomic E-state index is 0.0239. The van der Waals surface area contributed by atoms with Crippen LogP contribution >= 0.6 is 0 Å². The fourth-order valence-corrected chi connectivity index (χ4v) is 11.1. The number of rotatable bonds is 10. The third-order valence-corrected chi connectivity index (χ3v) is 14.9. The predicted molar refractivity (Wildman–Crippen MR) is 190 cm³/mol. The van der Waals surface area contributed by atoms with Crippen molar-refractivity contribution >= 4 is 36.5 Å². The number of ether oxygens (including phenoxy) is 3. The van der Waals surface area contributed by atoms with Gasteiger partial charge in [0.25, 0.3) is 0 Å². The van der Waals surface area contributed by atoms with Gasteiger partial charge in [-0.3, -0.25) is 9.59 Å². The number of nitrogens with zero attached hydrogens (tertiary/aromatic N) is 3. The number of aliphatic hydroxyl groups is 1. The normalized spacial score (nSPS) is 23.3. The molecule has 0 spiro atoms. The van der Waals surface area contributed by atoms with Crippen LogP contribution in [-0.4, -0.2) is 75.1 Å². The number of methoxy groups -OCH3 is 2. The first kappa shape index (κ1) is 33.9. The number of carbonyl (C=O) groups excluding carboxylic acids is 2. The van der Waals surface area contributed by atoms with E-state index in [4.69, 9.17) is 19.3 Å². The van der Waals surface area contributed by atoms with Crippen LogP contribution in [0.5, 0.6) is 11.5 Å². The smallest absolute Gasteiger partial charge is 0.247 e. The largest absolute Gasteiger partial charge is 0.497 e. The third kappa shape index (κ3) is 6.53. The highest BCUT2D eigenvalue weighted by Crippen LogP contribution is 2.48. The second-order valence-corrected chi connectivity index (χ2v) is 18.5. The Morgan fingerprint density at radius 3 is 2.50 bits per heavy atom. The van der Waals surface area contributed by atoms with Crippen molar-refractivity contribution < 1.29 is 28.9 Å². The van der Waals surface area contributed by atoms with Crippen LogP contribution in [0, 0.1) is 5.92 Å². The van der Waals surface area contributed by atoms with Crippen molar-refractivity contribution in [1.29, 1.82) is 0 Å². The molecule has 6 rings (SSSR count). The molecule has 3 aromatic carbocycles. The van der Waals surface area contributed by atoms with E-state index >= 15 is 0 Å². The Balaban J connectivity index is 1.35. The Kier molecular flexibility index (Phi) is 10.1. The summed E-state index contributed by atoms with van der Waals surface area (Å²) in [7, 11) is 0.982. The highest BCUT2D eigenvalue weighted by Gasteiger charge is 2.49. The summed E-state index contributed by atoms with van der Waals surface area (Å²) < 4.78 is 18.6. The first-order chi connectivity index (χ1) is 23.2. The van der Waals surface area contributed by atoms with Crippen molar-refractivity contribution in [1.82, 2.24) is 4.90 Å². The molecule has 3 heterocycles. The molecule has 0 bridgehead atoms. The number of aliphatic hydroxyl groups excluding tert-OH is 1. The molecule has 0 saturated carbocycles. The van der Waals surface area contributed by atoms with Crippen LogP contribution in [0.3, 0.4) is 0 Å². The fourth-order valence-electron chi connectivity index (χ4n) is 7.76. The molecular formula is C38H47N3O6Si. The molecule has 1 saturated heterocycles. The van der Waals surface area contributed by atoms with Crippen molar-refractivity contribution in [3.8, 4) is 11.5 Å². The summed E-state index contributed by atoms with van der Waals surface area (Å²) in [4.78, 5) is 29.0. The fraction of sp³-hybridized carbons (Fsp3) is 0.447. The Bertz CT molecular complexity index is 1650. The van der Waals surface area contributed by atoms with E-state index in [1.165, 1.54) is 10.2 Å². The van der Waals surface area contributed by atoms with Crippen LogP contribution in [-0.2, 0) is 14.3 Å². The van der Waals surface area contributed by atoms with Crippen molar-refractivity contribution in [2.45, 2.75) is 75.9 Å². The van der Waals surface area contributed by atoms with Crippen molar-refractivity contribution in [2.75, 3.05) is 32.4 Å². The van der Waals surface area contributed by atoms with Crippen LogP contribution in [0.25, 0.3) is 0 Å². The van der Waals surface area contributed by atoms with Gasteiger partial charge in [0, 0.05) is 49.9 Å². The first-order valence-corrected chi connectivity index (χ1v) is 20.1. The molecular weight excluding hydrogens is 623 g/mol. The summed E-state index contributed by atoms with van der Waals surface area (Å²) >= 11 is 0. The van der Waals surface area contributed by atoms with E-state index < -0.39 is 8.07 Å². The zero-order valence-electron chi connectivity index (χ0n) is 28.6. The minimum atomic E-state index is -2.39. The maximum absolute atomic E-state index is 14.0. The SMILES string of the molecule is COc1ccc([Si](C)(C)C(CC(=O)N2CCC[C@H]2CO)[C@H]2Oc3ccc(N4N=C(c5ccccc5)CCC4=O)cc3[C@@H](OC)[C@@H]2C)cc1. The zero-order chi connectivity index (χ0) is 34.0. The molecule has 254 valence electrons. The second-order valence-electron chi connectivity index (χ2n) is 13.8. The molecule has 0 aliphatic carbocycles. The van der Waals surface area contributed by atoms with Gasteiger partial charge in [0.15, 0.2) is 0 Å². The molecule has 10 heteroatoms. The van der Waals surface area contributed by atoms with E-state index in [2.05, 4.69) is 32.2 Å². The zero-order valence-corrected chi connectivity index (χ0v) is 29.6. The third-order valence-electron chi connectivity index (χ3n) is 10.7. The van der Waals surface area contributed by atoms with E-state index in [1.807, 2.05) is 65.6 Å². The lowest BCUT2D eigenvalue weighted by Crippen LogP contribution is -2.55. The number of likely N-dealkylation sites (tertiary alicyclic amines) is 1. The number of hydrogen-bond donors (Lipinski definition) is 1. The van der Waals surface area contributed by atoms with Crippen LogP contribution in [0.2, 0.25) is 18.6 Å². The van der Waals surface area contributed by atoms with Crippen molar-refractivity contribution in [2.24, 2.45) is 11.0 Å². The summed E-state index contributed by atoms with van der Waals surface area (Å²) in [5.41, 5.74) is 3.32. The van der Waals surface area contributed by atoms with Crippen LogP contribution in [0.1, 0.15) is 56.3 Å². The minimum Gasteiger partial charge on any atom is -0.497 e. The standard InChI is InChI=1S/C38H47N3O6Si/c1-25-37(46-3)31-22-27(41-35(43)20-18-32(39-41)26-10-7-6-8-11-26)13-19-33(31)47-38(25)34(23-36(44)40-21-9-12-28(40)24-42)48(4,5)30-16-14-29(45-2)15-17-30/h6-8,10-11,13-17,19,22,25,28,34,37-38,42H,9,12,18,20-21,23-24H2,1-5H3/t25-,28-,34?,37-,38-/m0/s1. The predicted octanol–water partition coefficient (Wildman–Crippen LogP) is 5.67. The van der Waals surface area contributed by atoms with Gasteiger partial charge in [-0.25, -0.2) is 5.01 Å². The van der Waals surface area contributed by atoms with E-state index in [9.17, 15) is 14.7 Å². The van der Waals surface area contributed by atoms with Gasteiger partial charge in [-0.1, -0.05) is 67.7 Å². The van der Waals surface area contributed by atoms with Gasteiger partial charge >= 0.3 is 0 Å². The number of hydrazone groups is 1. The van der Waals surface area contributed by atoms with Gasteiger partial charge in [-0.2, -0.15) is 5.10 Å². The number of hydrogen-bond acceptors (Lipinski definition) is 7. The number of fused-ring (bicyclic) bond motifs is 1. The molecule has 0 radical (unpaired) electrons. The quantitative estimate of drug-likeness (QED) is 0.280. The number of anilines is 1. The lowest BCUT2D eigenvalue weighted by Gasteiger charge is -2.46. The second kappa shape index (κ2) is 14.2. The molecule has 1 unspecified atom stereocenters. The monoisotopic (exact) mass is 669 g/mol. The summed E-state index contributed by atoms with van der Waals surface area (Å²) in [5.74, 6) is 1.38. The maximum Gasteiger partial charge on any atom is 0.247 e. The number of amides is 2. The van der Waals surface area contributed by atoms with E-state index in [1.54, 1.807) is 14.2 Å². The molecule has 3 aliphatic heterocycles. The highest BCUT2D eigenvalue weighted by atomic mass is 28.3. The van der Waals surface area contributed by atoms with E-state index in [0.29, 0.717) is 37.2 Å². The summed E-state index contributed by atoms with van der Waals surface area (Å²) in [5, 5.41) is 17.5. The molecule has 3 aliphatic rings. The van der Waals surface area contributed by atoms with Crippen LogP contribution < -0.4 is 19.7 Å². The summed E-state index contributed by atoms with van der Waals surface area (Å²) in [6.07, 6.45) is 2.37. The van der Waals surface area contributed by atoms with Gasteiger partial charge < -0.3 is 24.2 Å². The Hall–Kier alpha value is -3.99. The van der Waals surface area contributed by atoms with Crippen molar-refractivity contribution in [3.63, 3.8) is 0 Å². The van der Waals surface area contributed by atoms with Crippen molar-refractivity contribution in [3.05, 3.63) is 83.9 Å². The van der Waals surface area contributed by atoms with Gasteiger partial charge in [0.05, 0.1) is 45.3 Å². The highest BCUT2D eigenvalue weighted by molar-refractivity contribution is 6.91. The van der Waals surface area contributed by atoms with Gasteiger partial charge in [-0.05, 0) is 48.7 Å². The molecule has 2 amide bonds. The van der Waals surface area contributed by atoms with E-state index in [-0.39, 0.29) is 48.1 Å². The van der Waals surface area contributed by atoms with Gasteiger partial charge in [0.2, 0.25) is 11.8 Å². The average molecular weight is 670 g/mol. The molecule has 48 heavy (non-hydrogen) atoms. The lowest BCUT2D eigenvalue weighted by atomic mass is 9.86. The van der Waals surface area contributed by atoms with E-state index in [0.717, 1.165) is 35.4 Å². The summed E-state index contributed by atoms with van der Waals surface area (Å²) in [6.45, 7) is 7.39. The lowest BCUT2D eigenvalue weighted by molar-refractivity contribution is -0.133. The molecule has 0 aromatic heterocycles. The van der Waals surface area contributed by atoms with Gasteiger partial charge in [0.1, 0.15) is 17.6 Å². The van der Waals surface area contributed by atoms with Crippen LogP contribution in [0.4, 0.5) is 5.69 Å². The number of carbonyl (C=O) groups is 2. The summed E-state index contributed by atoms with van der Waals surface area (Å²) in [6, 6.07) is 23.8. The maximum atomic E-state index is 14.0. The topological polar surface area (TPSA) is 101 Å². The number of benzene rings is 3. The Labute approximate surface area is 284 Å². The molecule has 5 atom stereocenters. The van der Waals surface area contributed by atoms with Crippen LogP contribution in [0.15, 0.2) is 77.9 Å². The molecule has 3 aromatic rings. The average Bonchev–Trinajstić information content (AvgIpc) is 3.60. The molecule has 1 fully saturated rings.